The number of methoxy groups -OCH3 is 1. The van der Waals surface area contributed by atoms with Gasteiger partial charge in [0, 0.05) is 0 Å². The maximum absolute atomic E-state index is 12.6. The van der Waals surface area contributed by atoms with Gasteiger partial charge in [0.2, 0.25) is 0 Å². The van der Waals surface area contributed by atoms with Crippen LogP contribution in [-0.4, -0.2) is 16.1 Å². The van der Waals surface area contributed by atoms with Crippen LogP contribution in [0.25, 0.3) is 0 Å². The van der Waals surface area contributed by atoms with Crippen molar-refractivity contribution in [3.05, 3.63) is 42.0 Å². The van der Waals surface area contributed by atoms with Crippen LogP contribution in [0.2, 0.25) is 0 Å². The fourth-order valence-corrected chi connectivity index (χ4v) is 3.52. The highest BCUT2D eigenvalue weighted by Crippen LogP contribution is 2.32. The van der Waals surface area contributed by atoms with E-state index in [1.807, 2.05) is 32.9 Å². The average Bonchev–Trinajstić information content (AvgIpc) is 2.52. The Bertz CT molecular complexity index is 531. The monoisotopic (exact) mass is 321 g/mol. The number of ether oxygens (including phenoxy) is 1. The van der Waals surface area contributed by atoms with Gasteiger partial charge in [0.15, 0.2) is 0 Å². The van der Waals surface area contributed by atoms with Gasteiger partial charge in [-0.05, 0) is 63.6 Å². The largest absolute Gasteiger partial charge is 0.497 e. The molecule has 0 aromatic heterocycles. The predicted molar refractivity (Wildman–Crippen MR) is 93.2 cm³/mol. The zero-order chi connectivity index (χ0) is 16.2. The molecule has 3 atom stereocenters. The first-order valence-electron chi connectivity index (χ1n) is 7.90. The number of nitrogens with one attached hydrogen (secondary N) is 1. The zero-order valence-corrected chi connectivity index (χ0v) is 14.8. The first-order valence-corrected chi connectivity index (χ1v) is 9.05. The van der Waals surface area contributed by atoms with Crippen LogP contribution < -0.4 is 9.46 Å². The molecule has 1 aromatic carbocycles. The molecule has 0 fully saturated rings. The topological polar surface area (TPSA) is 38.3 Å². The van der Waals surface area contributed by atoms with Crippen molar-refractivity contribution in [2.45, 2.75) is 50.8 Å². The Morgan fingerprint density at radius 1 is 1.27 bits per heavy atom. The third kappa shape index (κ3) is 4.43. The lowest BCUT2D eigenvalue weighted by atomic mass is 9.86. The summed E-state index contributed by atoms with van der Waals surface area (Å²) in [6, 6.07) is 8.15. The molecule has 122 valence electrons. The molecule has 1 aromatic rings. The van der Waals surface area contributed by atoms with Gasteiger partial charge >= 0.3 is 0 Å². The second-order valence-corrected chi connectivity index (χ2v) is 8.77. The van der Waals surface area contributed by atoms with Gasteiger partial charge in [-0.15, -0.1) is 0 Å². The number of hydrogen-bond acceptors (Lipinski definition) is 2. The maximum atomic E-state index is 12.6. The van der Waals surface area contributed by atoms with E-state index >= 15 is 0 Å². The highest BCUT2D eigenvalue weighted by Gasteiger charge is 2.28. The molecule has 0 saturated heterocycles. The fraction of sp³-hybridized carbons (Fsp3) is 0.556. The molecule has 0 bridgehead atoms. The minimum absolute atomic E-state index is 0.0718. The summed E-state index contributed by atoms with van der Waals surface area (Å²) in [4.78, 5) is 0. The number of benzene rings is 1. The Morgan fingerprint density at radius 2 is 1.95 bits per heavy atom. The SMILES string of the molecule is COc1ccc([C@@H](NS(=O)C(C)(C)C)[C@@H]2C=CCCC2)cc1. The summed E-state index contributed by atoms with van der Waals surface area (Å²) in [6.07, 6.45) is 7.98. The van der Waals surface area contributed by atoms with E-state index in [1.54, 1.807) is 7.11 Å². The van der Waals surface area contributed by atoms with Crippen LogP contribution in [0.5, 0.6) is 5.75 Å². The molecule has 2 rings (SSSR count). The minimum Gasteiger partial charge on any atom is -0.497 e. The zero-order valence-electron chi connectivity index (χ0n) is 14.0. The Balaban J connectivity index is 2.25. The average molecular weight is 321 g/mol. The van der Waals surface area contributed by atoms with Gasteiger partial charge in [-0.3, -0.25) is 0 Å². The maximum Gasteiger partial charge on any atom is 0.118 e. The second-order valence-electron chi connectivity index (χ2n) is 6.77. The summed E-state index contributed by atoms with van der Waals surface area (Å²) in [6.45, 7) is 5.99. The summed E-state index contributed by atoms with van der Waals surface area (Å²) < 4.78 is 20.9. The molecule has 0 radical (unpaired) electrons. The van der Waals surface area contributed by atoms with Gasteiger partial charge in [0.1, 0.15) is 5.75 Å². The first kappa shape index (κ1) is 17.2. The minimum atomic E-state index is -1.09. The second kappa shape index (κ2) is 7.42. The fourth-order valence-electron chi connectivity index (χ4n) is 2.62. The molecule has 0 amide bonds. The third-order valence-electron chi connectivity index (χ3n) is 3.98. The van der Waals surface area contributed by atoms with Gasteiger partial charge in [0.25, 0.3) is 0 Å². The summed E-state index contributed by atoms with van der Waals surface area (Å²) >= 11 is 0. The summed E-state index contributed by atoms with van der Waals surface area (Å²) in [5.41, 5.74) is 1.16. The Hall–Kier alpha value is -1.13. The van der Waals surface area contributed by atoms with Crippen molar-refractivity contribution in [2.75, 3.05) is 7.11 Å². The smallest absolute Gasteiger partial charge is 0.118 e. The van der Waals surface area contributed by atoms with E-state index in [9.17, 15) is 4.21 Å². The number of hydrogen-bond donors (Lipinski definition) is 1. The molecule has 1 aliphatic carbocycles. The lowest BCUT2D eigenvalue weighted by Crippen LogP contribution is -2.38. The van der Waals surface area contributed by atoms with E-state index in [2.05, 4.69) is 29.0 Å². The standard InChI is InChI=1S/C18H27NO2S/c1-18(2,3)22(20)19-17(14-8-6-5-7-9-14)15-10-12-16(21-4)13-11-15/h6,8,10-14,17,19H,5,7,9H2,1-4H3/t14-,17+,22?/m1/s1. The summed E-state index contributed by atoms with van der Waals surface area (Å²) in [7, 11) is 0.578. The summed E-state index contributed by atoms with van der Waals surface area (Å²) in [5, 5.41) is 0. The molecule has 3 nitrogen and oxygen atoms in total. The van der Waals surface area contributed by atoms with Gasteiger partial charge in [-0.2, -0.15) is 0 Å². The van der Waals surface area contributed by atoms with E-state index in [-0.39, 0.29) is 10.8 Å². The van der Waals surface area contributed by atoms with E-state index in [0.29, 0.717) is 5.92 Å². The molecule has 0 heterocycles. The van der Waals surface area contributed by atoms with Crippen molar-refractivity contribution < 1.29 is 8.95 Å². The molecule has 1 N–H and O–H groups in total. The van der Waals surface area contributed by atoms with Gasteiger partial charge in [-0.1, -0.05) is 24.3 Å². The Kier molecular flexibility index (Phi) is 5.81. The Labute approximate surface area is 136 Å². The lowest BCUT2D eigenvalue weighted by molar-refractivity contribution is 0.411. The van der Waals surface area contributed by atoms with E-state index in [4.69, 9.17) is 4.74 Å². The predicted octanol–water partition coefficient (Wildman–Crippen LogP) is 4.14. The molecule has 1 unspecified atom stereocenters. The quantitative estimate of drug-likeness (QED) is 0.828. The van der Waals surface area contributed by atoms with Crippen molar-refractivity contribution in [1.29, 1.82) is 0 Å². The van der Waals surface area contributed by atoms with Crippen molar-refractivity contribution in [1.82, 2.24) is 4.72 Å². The van der Waals surface area contributed by atoms with Crippen molar-refractivity contribution in [2.24, 2.45) is 5.92 Å². The van der Waals surface area contributed by atoms with Crippen LogP contribution in [-0.2, 0) is 11.0 Å². The normalized spacial score (nSPS) is 21.4. The van der Waals surface area contributed by atoms with Crippen LogP contribution in [0.15, 0.2) is 36.4 Å². The van der Waals surface area contributed by atoms with Gasteiger partial charge in [-0.25, -0.2) is 8.93 Å². The van der Waals surface area contributed by atoms with Crippen LogP contribution in [0.3, 0.4) is 0 Å². The third-order valence-corrected chi connectivity index (χ3v) is 5.57. The van der Waals surface area contributed by atoms with Crippen molar-refractivity contribution >= 4 is 11.0 Å². The molecule has 4 heteroatoms. The molecular formula is C18H27NO2S. The van der Waals surface area contributed by atoms with E-state index in [0.717, 1.165) is 24.2 Å². The lowest BCUT2D eigenvalue weighted by Gasteiger charge is -2.30. The van der Waals surface area contributed by atoms with E-state index in [1.165, 1.54) is 6.42 Å². The van der Waals surface area contributed by atoms with Gasteiger partial charge in [0.05, 0.1) is 28.9 Å². The highest BCUT2D eigenvalue weighted by atomic mass is 32.2. The summed E-state index contributed by atoms with van der Waals surface area (Å²) in [5.74, 6) is 1.23. The van der Waals surface area contributed by atoms with Crippen LogP contribution in [0, 0.1) is 5.92 Å². The van der Waals surface area contributed by atoms with Crippen LogP contribution in [0.1, 0.15) is 51.6 Å². The molecule has 0 spiro atoms. The molecular weight excluding hydrogens is 294 g/mol. The first-order chi connectivity index (χ1) is 10.4. The molecule has 0 aliphatic heterocycles. The van der Waals surface area contributed by atoms with Gasteiger partial charge < -0.3 is 4.74 Å². The Morgan fingerprint density at radius 3 is 2.45 bits per heavy atom. The van der Waals surface area contributed by atoms with Crippen LogP contribution in [0.4, 0.5) is 0 Å². The van der Waals surface area contributed by atoms with Crippen molar-refractivity contribution in [3.63, 3.8) is 0 Å². The van der Waals surface area contributed by atoms with Crippen LogP contribution >= 0.6 is 0 Å². The number of allylic oxidation sites excluding steroid dienone is 1. The number of rotatable bonds is 5. The molecule has 0 saturated carbocycles. The van der Waals surface area contributed by atoms with E-state index < -0.39 is 11.0 Å². The molecule has 22 heavy (non-hydrogen) atoms. The molecule has 1 aliphatic rings. The highest BCUT2D eigenvalue weighted by molar-refractivity contribution is 7.84. The van der Waals surface area contributed by atoms with Crippen molar-refractivity contribution in [3.8, 4) is 5.75 Å².